The molecule has 0 amide bonds. The van der Waals surface area contributed by atoms with E-state index in [1.807, 2.05) is 29.9 Å². The summed E-state index contributed by atoms with van der Waals surface area (Å²) < 4.78 is 3.05. The second-order valence-corrected chi connectivity index (χ2v) is 6.03. The average Bonchev–Trinajstić information content (AvgIpc) is 2.75. The predicted octanol–water partition coefficient (Wildman–Crippen LogP) is 3.55. The molecule has 1 atom stereocenters. The molecule has 108 valence electrons. The van der Waals surface area contributed by atoms with E-state index in [0.29, 0.717) is 0 Å². The van der Waals surface area contributed by atoms with Gasteiger partial charge in [-0.3, -0.25) is 4.68 Å². The molecule has 0 radical (unpaired) electrons. The maximum absolute atomic E-state index is 6.68. The molecule has 0 spiro atoms. The SMILES string of the molecule is CCc1nn(C)c(CC(N)(CC)c2ccccc2)c1Br. The van der Waals surface area contributed by atoms with Gasteiger partial charge >= 0.3 is 0 Å². The lowest BCUT2D eigenvalue weighted by Gasteiger charge is -2.29. The Bertz CT molecular complexity index is 577. The lowest BCUT2D eigenvalue weighted by molar-refractivity contribution is 0.411. The van der Waals surface area contributed by atoms with Crippen molar-refractivity contribution in [2.75, 3.05) is 0 Å². The van der Waals surface area contributed by atoms with Crippen molar-refractivity contribution in [3.05, 3.63) is 51.8 Å². The summed E-state index contributed by atoms with van der Waals surface area (Å²) in [6, 6.07) is 10.3. The number of rotatable bonds is 5. The van der Waals surface area contributed by atoms with Gasteiger partial charge in [0.05, 0.1) is 15.9 Å². The van der Waals surface area contributed by atoms with E-state index in [2.05, 4.69) is 47.0 Å². The molecular formula is C16H22BrN3. The van der Waals surface area contributed by atoms with Gasteiger partial charge in [-0.15, -0.1) is 0 Å². The first kappa shape index (κ1) is 15.3. The highest BCUT2D eigenvalue weighted by atomic mass is 79.9. The van der Waals surface area contributed by atoms with Crippen molar-refractivity contribution >= 4 is 15.9 Å². The monoisotopic (exact) mass is 335 g/mol. The summed E-state index contributed by atoms with van der Waals surface area (Å²) in [4.78, 5) is 0. The van der Waals surface area contributed by atoms with Crippen LogP contribution in [0.3, 0.4) is 0 Å². The number of halogens is 1. The number of hydrogen-bond donors (Lipinski definition) is 1. The standard InChI is InChI=1S/C16H22BrN3/c1-4-13-15(17)14(20(3)19-13)11-16(18,5-2)12-9-7-6-8-10-12/h6-10H,4-5,11,18H2,1-3H3. The minimum Gasteiger partial charge on any atom is -0.321 e. The maximum atomic E-state index is 6.68. The van der Waals surface area contributed by atoms with Crippen LogP contribution in [-0.4, -0.2) is 9.78 Å². The zero-order valence-corrected chi connectivity index (χ0v) is 13.9. The molecule has 2 aromatic rings. The summed E-state index contributed by atoms with van der Waals surface area (Å²) in [5.74, 6) is 0. The van der Waals surface area contributed by atoms with Crippen LogP contribution in [0, 0.1) is 0 Å². The number of benzene rings is 1. The third-order valence-corrected chi connectivity index (χ3v) is 4.88. The molecule has 0 aliphatic carbocycles. The molecule has 4 heteroatoms. The van der Waals surface area contributed by atoms with Crippen LogP contribution < -0.4 is 5.73 Å². The van der Waals surface area contributed by atoms with E-state index < -0.39 is 0 Å². The van der Waals surface area contributed by atoms with Gasteiger partial charge in [0.15, 0.2) is 0 Å². The lowest BCUT2D eigenvalue weighted by Crippen LogP contribution is -2.39. The van der Waals surface area contributed by atoms with Crippen molar-refractivity contribution in [2.24, 2.45) is 12.8 Å². The molecule has 1 aromatic heterocycles. The largest absolute Gasteiger partial charge is 0.321 e. The van der Waals surface area contributed by atoms with Gasteiger partial charge in [0, 0.05) is 19.0 Å². The molecule has 2 rings (SSSR count). The van der Waals surface area contributed by atoms with Crippen molar-refractivity contribution in [3.63, 3.8) is 0 Å². The molecule has 3 nitrogen and oxygen atoms in total. The van der Waals surface area contributed by atoms with E-state index in [-0.39, 0.29) is 5.54 Å². The van der Waals surface area contributed by atoms with E-state index >= 15 is 0 Å². The number of aryl methyl sites for hydroxylation is 2. The van der Waals surface area contributed by atoms with Crippen molar-refractivity contribution in [1.29, 1.82) is 0 Å². The lowest BCUT2D eigenvalue weighted by atomic mass is 9.84. The van der Waals surface area contributed by atoms with Crippen molar-refractivity contribution in [1.82, 2.24) is 9.78 Å². The molecule has 0 bridgehead atoms. The minimum atomic E-state index is -0.359. The Kier molecular flexibility index (Phi) is 4.66. The molecule has 0 saturated heterocycles. The van der Waals surface area contributed by atoms with E-state index in [1.165, 1.54) is 5.56 Å². The van der Waals surface area contributed by atoms with Crippen LogP contribution in [0.15, 0.2) is 34.8 Å². The van der Waals surface area contributed by atoms with Gasteiger partial charge in [-0.05, 0) is 34.3 Å². The van der Waals surface area contributed by atoms with Gasteiger partial charge in [0.1, 0.15) is 0 Å². The summed E-state index contributed by atoms with van der Waals surface area (Å²) in [5, 5.41) is 4.56. The highest BCUT2D eigenvalue weighted by molar-refractivity contribution is 9.10. The topological polar surface area (TPSA) is 43.8 Å². The number of nitrogens with zero attached hydrogens (tertiary/aromatic N) is 2. The second kappa shape index (κ2) is 6.10. The molecule has 0 aliphatic rings. The number of nitrogens with two attached hydrogens (primary N) is 1. The van der Waals surface area contributed by atoms with Crippen molar-refractivity contribution in [3.8, 4) is 0 Å². The maximum Gasteiger partial charge on any atom is 0.0766 e. The fraction of sp³-hybridized carbons (Fsp3) is 0.438. The molecule has 1 unspecified atom stereocenters. The molecule has 1 aromatic carbocycles. The van der Waals surface area contributed by atoms with Crippen LogP contribution in [0.2, 0.25) is 0 Å². The predicted molar refractivity (Wildman–Crippen MR) is 86.6 cm³/mol. The Morgan fingerprint density at radius 1 is 1.25 bits per heavy atom. The average molecular weight is 336 g/mol. The smallest absolute Gasteiger partial charge is 0.0766 e. The zero-order chi connectivity index (χ0) is 14.8. The van der Waals surface area contributed by atoms with Gasteiger partial charge in [-0.2, -0.15) is 5.10 Å². The highest BCUT2D eigenvalue weighted by Gasteiger charge is 2.28. The first-order valence-electron chi connectivity index (χ1n) is 7.06. The fourth-order valence-electron chi connectivity index (χ4n) is 2.51. The first-order chi connectivity index (χ1) is 9.51. The van der Waals surface area contributed by atoms with E-state index in [9.17, 15) is 0 Å². The minimum absolute atomic E-state index is 0.359. The zero-order valence-electron chi connectivity index (χ0n) is 12.4. The molecule has 1 heterocycles. The third-order valence-electron chi connectivity index (χ3n) is 3.97. The summed E-state index contributed by atoms with van der Waals surface area (Å²) in [7, 11) is 1.99. The van der Waals surface area contributed by atoms with Gasteiger partial charge in [0.25, 0.3) is 0 Å². The van der Waals surface area contributed by atoms with Crippen LogP contribution in [0.4, 0.5) is 0 Å². The molecule has 0 aliphatic heterocycles. The summed E-state index contributed by atoms with van der Waals surface area (Å²) in [5.41, 5.74) is 9.75. The van der Waals surface area contributed by atoms with E-state index in [0.717, 1.165) is 35.1 Å². The van der Waals surface area contributed by atoms with Gasteiger partial charge in [-0.25, -0.2) is 0 Å². The van der Waals surface area contributed by atoms with Crippen LogP contribution in [0.1, 0.15) is 37.2 Å². The van der Waals surface area contributed by atoms with E-state index in [4.69, 9.17) is 5.73 Å². The summed E-state index contributed by atoms with van der Waals surface area (Å²) in [6.07, 6.45) is 2.58. The van der Waals surface area contributed by atoms with Gasteiger partial charge in [0.2, 0.25) is 0 Å². The molecular weight excluding hydrogens is 314 g/mol. The van der Waals surface area contributed by atoms with Gasteiger partial charge in [-0.1, -0.05) is 44.2 Å². The number of hydrogen-bond acceptors (Lipinski definition) is 2. The van der Waals surface area contributed by atoms with E-state index in [1.54, 1.807) is 0 Å². The highest BCUT2D eigenvalue weighted by Crippen LogP contribution is 2.31. The fourth-order valence-corrected chi connectivity index (χ4v) is 3.27. The van der Waals surface area contributed by atoms with Gasteiger partial charge < -0.3 is 5.73 Å². The van der Waals surface area contributed by atoms with Crippen LogP contribution in [0.25, 0.3) is 0 Å². The van der Waals surface area contributed by atoms with Crippen LogP contribution >= 0.6 is 15.9 Å². The summed E-state index contributed by atoms with van der Waals surface area (Å²) >= 11 is 3.68. The van der Waals surface area contributed by atoms with Crippen molar-refractivity contribution in [2.45, 2.75) is 38.6 Å². The molecule has 20 heavy (non-hydrogen) atoms. The Labute approximate surface area is 129 Å². The summed E-state index contributed by atoms with van der Waals surface area (Å²) in [6.45, 7) is 4.25. The quantitative estimate of drug-likeness (QED) is 0.907. The Morgan fingerprint density at radius 3 is 2.40 bits per heavy atom. The van der Waals surface area contributed by atoms with Crippen LogP contribution in [-0.2, 0) is 25.4 Å². The third kappa shape index (κ3) is 2.81. The molecule has 0 fully saturated rings. The first-order valence-corrected chi connectivity index (χ1v) is 7.85. The second-order valence-electron chi connectivity index (χ2n) is 5.24. The molecule has 0 saturated carbocycles. The Balaban J connectivity index is 2.38. The van der Waals surface area contributed by atoms with Crippen molar-refractivity contribution < 1.29 is 0 Å². The molecule has 2 N–H and O–H groups in total. The normalized spacial score (nSPS) is 14.2. The Morgan fingerprint density at radius 2 is 1.90 bits per heavy atom. The number of aromatic nitrogens is 2. The Hall–Kier alpha value is -1.13. The van der Waals surface area contributed by atoms with Crippen LogP contribution in [0.5, 0.6) is 0 Å².